The molecule has 0 heterocycles. The topological polar surface area (TPSA) is 84.2 Å². The van der Waals surface area contributed by atoms with E-state index < -0.39 is 30.1 Å². The molecule has 0 aliphatic heterocycles. The van der Waals surface area contributed by atoms with Gasteiger partial charge in [-0.15, -0.1) is 12.4 Å². The third kappa shape index (κ3) is 7.31. The lowest BCUT2D eigenvalue weighted by Gasteiger charge is -2.23. The number of anilines is 1. The van der Waals surface area contributed by atoms with Gasteiger partial charge in [-0.25, -0.2) is 0 Å². The summed E-state index contributed by atoms with van der Waals surface area (Å²) in [6, 6.07) is 4.27. The first kappa shape index (κ1) is 23.2. The highest BCUT2D eigenvalue weighted by molar-refractivity contribution is 6.00. The fraction of sp³-hybridized carbons (Fsp3) is 0.500. The van der Waals surface area contributed by atoms with Crippen LogP contribution in [0.4, 0.5) is 18.9 Å². The first-order chi connectivity index (χ1) is 11.0. The summed E-state index contributed by atoms with van der Waals surface area (Å²) < 4.78 is 36.5. The van der Waals surface area contributed by atoms with Crippen LogP contribution in [-0.4, -0.2) is 30.1 Å². The van der Waals surface area contributed by atoms with Crippen LogP contribution < -0.4 is 16.4 Å². The van der Waals surface area contributed by atoms with Gasteiger partial charge in [-0.05, 0) is 38.0 Å². The molecule has 1 aromatic carbocycles. The van der Waals surface area contributed by atoms with Gasteiger partial charge in [-0.1, -0.05) is 19.4 Å². The van der Waals surface area contributed by atoms with E-state index in [4.69, 9.17) is 5.73 Å². The molecular formula is C16H23ClF3N3O2. The Kier molecular flexibility index (Phi) is 8.40. The van der Waals surface area contributed by atoms with Crippen molar-refractivity contribution in [1.29, 1.82) is 0 Å². The van der Waals surface area contributed by atoms with Gasteiger partial charge in [-0.2, -0.15) is 13.2 Å². The minimum Gasteiger partial charge on any atom is -0.343 e. The first-order valence-electron chi connectivity index (χ1n) is 7.52. The first-order valence-corrected chi connectivity index (χ1v) is 7.52. The van der Waals surface area contributed by atoms with E-state index in [1.165, 1.54) is 12.1 Å². The number of alkyl halides is 3. The Morgan fingerprint density at radius 1 is 1.24 bits per heavy atom. The highest BCUT2D eigenvalue weighted by atomic mass is 35.5. The van der Waals surface area contributed by atoms with Crippen molar-refractivity contribution in [1.82, 2.24) is 5.32 Å². The van der Waals surface area contributed by atoms with Gasteiger partial charge in [0.25, 0.3) is 5.91 Å². The molecule has 1 unspecified atom stereocenters. The van der Waals surface area contributed by atoms with Crippen molar-refractivity contribution >= 4 is 29.9 Å². The van der Waals surface area contributed by atoms with Crippen molar-refractivity contribution < 1.29 is 22.8 Å². The Morgan fingerprint density at radius 3 is 2.36 bits per heavy atom. The average molecular weight is 382 g/mol. The van der Waals surface area contributed by atoms with E-state index in [-0.39, 0.29) is 18.0 Å². The fourth-order valence-corrected chi connectivity index (χ4v) is 2.08. The number of nitrogens with two attached hydrogens (primary N) is 1. The summed E-state index contributed by atoms with van der Waals surface area (Å²) in [5, 5.41) is 4.42. The van der Waals surface area contributed by atoms with Crippen LogP contribution in [0.2, 0.25) is 0 Å². The van der Waals surface area contributed by atoms with Gasteiger partial charge >= 0.3 is 6.18 Å². The summed E-state index contributed by atoms with van der Waals surface area (Å²) >= 11 is 0. The Morgan fingerprint density at radius 2 is 1.84 bits per heavy atom. The van der Waals surface area contributed by atoms with Crippen molar-refractivity contribution in [2.45, 2.75) is 45.3 Å². The van der Waals surface area contributed by atoms with Gasteiger partial charge in [0.2, 0.25) is 5.91 Å². The normalized spacial score (nSPS) is 13.4. The van der Waals surface area contributed by atoms with Gasteiger partial charge in [-0.3, -0.25) is 9.59 Å². The van der Waals surface area contributed by atoms with E-state index in [1.807, 2.05) is 6.92 Å². The molecule has 2 amide bonds. The molecule has 1 aromatic rings. The van der Waals surface area contributed by atoms with Crippen molar-refractivity contribution in [2.75, 3.05) is 11.9 Å². The number of carbonyl (C=O) groups is 2. The SMILES string of the molecule is CCCC(C)(N)C(=O)Nc1cc(C(=O)NCC(F)(F)F)ccc1C.Cl. The molecule has 142 valence electrons. The van der Waals surface area contributed by atoms with Crippen LogP contribution in [0.5, 0.6) is 0 Å². The second-order valence-electron chi connectivity index (χ2n) is 5.95. The third-order valence-corrected chi connectivity index (χ3v) is 3.49. The highest BCUT2D eigenvalue weighted by Crippen LogP contribution is 2.20. The number of halogens is 4. The van der Waals surface area contributed by atoms with Crippen LogP contribution in [0.15, 0.2) is 18.2 Å². The third-order valence-electron chi connectivity index (χ3n) is 3.49. The molecule has 5 nitrogen and oxygen atoms in total. The number of carbonyl (C=O) groups excluding carboxylic acids is 2. The van der Waals surface area contributed by atoms with E-state index in [1.54, 1.807) is 25.2 Å². The van der Waals surface area contributed by atoms with Gasteiger partial charge in [0.1, 0.15) is 6.54 Å². The zero-order valence-corrected chi connectivity index (χ0v) is 15.1. The molecule has 0 bridgehead atoms. The second-order valence-corrected chi connectivity index (χ2v) is 5.95. The summed E-state index contributed by atoms with van der Waals surface area (Å²) in [7, 11) is 0. The molecule has 0 radical (unpaired) electrons. The predicted octanol–water partition coefficient (Wildman–Crippen LogP) is 3.16. The van der Waals surface area contributed by atoms with Crippen molar-refractivity contribution in [3.8, 4) is 0 Å². The molecule has 0 aliphatic rings. The Labute approximate surface area is 150 Å². The largest absolute Gasteiger partial charge is 0.405 e. The molecule has 1 atom stereocenters. The zero-order valence-electron chi connectivity index (χ0n) is 14.3. The smallest absolute Gasteiger partial charge is 0.343 e. The minimum absolute atomic E-state index is 0. The molecule has 0 fully saturated rings. The van der Waals surface area contributed by atoms with E-state index in [2.05, 4.69) is 5.32 Å². The van der Waals surface area contributed by atoms with Gasteiger partial charge < -0.3 is 16.4 Å². The standard InChI is InChI=1S/C16H22F3N3O2.ClH/c1-4-7-15(3,20)14(24)22-12-8-11(6-5-10(12)2)13(23)21-9-16(17,18)19;/h5-6,8H,4,7,9,20H2,1-3H3,(H,21,23)(H,22,24);1H. The summed E-state index contributed by atoms with van der Waals surface area (Å²) in [4.78, 5) is 24.0. The Balaban J connectivity index is 0.00000576. The lowest BCUT2D eigenvalue weighted by molar-refractivity contribution is -0.123. The molecule has 0 aliphatic carbocycles. The van der Waals surface area contributed by atoms with Crippen molar-refractivity contribution in [3.05, 3.63) is 29.3 Å². The molecule has 0 saturated carbocycles. The number of nitrogens with one attached hydrogen (secondary N) is 2. The minimum atomic E-state index is -4.49. The van der Waals surface area contributed by atoms with Crippen molar-refractivity contribution in [2.24, 2.45) is 5.73 Å². The van der Waals surface area contributed by atoms with Crippen LogP contribution in [0.3, 0.4) is 0 Å². The molecule has 9 heteroatoms. The maximum absolute atomic E-state index is 12.2. The number of aryl methyl sites for hydroxylation is 1. The van der Waals surface area contributed by atoms with Crippen LogP contribution in [0.25, 0.3) is 0 Å². The molecule has 25 heavy (non-hydrogen) atoms. The van der Waals surface area contributed by atoms with Gasteiger partial charge in [0.05, 0.1) is 5.54 Å². The van der Waals surface area contributed by atoms with Crippen LogP contribution >= 0.6 is 12.4 Å². The lowest BCUT2D eigenvalue weighted by atomic mass is 9.96. The quantitative estimate of drug-likeness (QED) is 0.707. The molecule has 1 rings (SSSR count). The number of rotatable bonds is 6. The molecule has 0 spiro atoms. The Hall–Kier alpha value is -1.80. The van der Waals surface area contributed by atoms with Gasteiger partial charge in [0, 0.05) is 11.3 Å². The monoisotopic (exact) mass is 381 g/mol. The maximum Gasteiger partial charge on any atom is 0.405 e. The zero-order chi connectivity index (χ0) is 18.5. The maximum atomic E-state index is 12.2. The highest BCUT2D eigenvalue weighted by Gasteiger charge is 2.29. The lowest BCUT2D eigenvalue weighted by Crippen LogP contribution is -2.48. The molecule has 0 saturated heterocycles. The number of benzene rings is 1. The van der Waals surface area contributed by atoms with Crippen molar-refractivity contribution in [3.63, 3.8) is 0 Å². The molecule has 4 N–H and O–H groups in total. The predicted molar refractivity (Wildman–Crippen MR) is 92.9 cm³/mol. The van der Waals surface area contributed by atoms with E-state index in [0.29, 0.717) is 17.7 Å². The Bertz CT molecular complexity index is 619. The summed E-state index contributed by atoms with van der Waals surface area (Å²) in [5.74, 6) is -1.29. The fourth-order valence-electron chi connectivity index (χ4n) is 2.08. The molecular weight excluding hydrogens is 359 g/mol. The van der Waals surface area contributed by atoms with E-state index in [9.17, 15) is 22.8 Å². The summed E-state index contributed by atoms with van der Waals surface area (Å²) in [6.45, 7) is 3.79. The van der Waals surface area contributed by atoms with Crippen LogP contribution in [-0.2, 0) is 4.79 Å². The average Bonchev–Trinajstić information content (AvgIpc) is 2.46. The number of hydrogen-bond acceptors (Lipinski definition) is 3. The molecule has 0 aromatic heterocycles. The van der Waals surface area contributed by atoms with Crippen LogP contribution in [0.1, 0.15) is 42.6 Å². The summed E-state index contributed by atoms with van der Waals surface area (Å²) in [6.07, 6.45) is -3.29. The second kappa shape index (κ2) is 9.05. The summed E-state index contributed by atoms with van der Waals surface area (Å²) in [5.41, 5.74) is 5.90. The van der Waals surface area contributed by atoms with Crippen LogP contribution in [0, 0.1) is 6.92 Å². The number of hydrogen-bond donors (Lipinski definition) is 3. The number of amides is 2. The van der Waals surface area contributed by atoms with E-state index >= 15 is 0 Å². The van der Waals surface area contributed by atoms with Gasteiger partial charge in [0.15, 0.2) is 0 Å². The van der Waals surface area contributed by atoms with E-state index in [0.717, 1.165) is 6.42 Å².